The molecule has 0 radical (unpaired) electrons. The molecule has 23 heavy (non-hydrogen) atoms. The summed E-state index contributed by atoms with van der Waals surface area (Å²) in [4.78, 5) is 0. The molecule has 0 heterocycles. The average Bonchev–Trinajstić information content (AvgIpc) is 2.47. The zero-order chi connectivity index (χ0) is 17.2. The maximum Gasteiger partial charge on any atom is 0.145 e. The fourth-order valence-corrected chi connectivity index (χ4v) is 2.95. The maximum atomic E-state index is 12.5. The van der Waals surface area contributed by atoms with Gasteiger partial charge in [0, 0.05) is 26.3 Å². The standard InChI is InChI=1S/C17H18BrClN2OS/c1-17(2,3)23(22)21-16(11-4-7-13(19)8-5-11)14-10-12(18)6-9-15(14)20/h4-10H,20H2,1-3H3/t23-/m1/s1. The van der Waals surface area contributed by atoms with Gasteiger partial charge in [0.2, 0.25) is 0 Å². The van der Waals surface area contributed by atoms with Crippen LogP contribution < -0.4 is 5.73 Å². The Morgan fingerprint density at radius 2 is 1.78 bits per heavy atom. The second-order valence-corrected chi connectivity index (χ2v) is 9.30. The smallest absolute Gasteiger partial charge is 0.145 e. The van der Waals surface area contributed by atoms with E-state index in [1.807, 2.05) is 45.0 Å². The summed E-state index contributed by atoms with van der Waals surface area (Å²) in [6.45, 7) is 5.66. The molecule has 2 aromatic carbocycles. The predicted octanol–water partition coefficient (Wildman–Crippen LogP) is 4.98. The minimum absolute atomic E-state index is 0.460. The van der Waals surface area contributed by atoms with E-state index in [1.165, 1.54) is 0 Å². The summed E-state index contributed by atoms with van der Waals surface area (Å²) < 4.78 is 17.4. The van der Waals surface area contributed by atoms with Crippen LogP contribution in [0.5, 0.6) is 0 Å². The Kier molecular flexibility index (Phi) is 5.65. The number of nitrogens with zero attached hydrogens (tertiary/aromatic N) is 1. The number of anilines is 1. The molecule has 0 bridgehead atoms. The van der Waals surface area contributed by atoms with Gasteiger partial charge in [-0.1, -0.05) is 39.7 Å². The Morgan fingerprint density at radius 3 is 2.35 bits per heavy atom. The van der Waals surface area contributed by atoms with Gasteiger partial charge < -0.3 is 5.73 Å². The minimum atomic E-state index is -1.40. The summed E-state index contributed by atoms with van der Waals surface area (Å²) >= 11 is 9.41. The van der Waals surface area contributed by atoms with Gasteiger partial charge in [0.15, 0.2) is 0 Å². The Bertz CT molecular complexity index is 767. The van der Waals surface area contributed by atoms with E-state index in [4.69, 9.17) is 17.3 Å². The lowest BCUT2D eigenvalue weighted by molar-refractivity contribution is 0.650. The highest BCUT2D eigenvalue weighted by Crippen LogP contribution is 2.25. The van der Waals surface area contributed by atoms with Crippen LogP contribution in [0, 0.1) is 0 Å². The molecule has 0 aliphatic carbocycles. The molecule has 0 saturated heterocycles. The third-order valence-corrected chi connectivity index (χ3v) is 5.23. The van der Waals surface area contributed by atoms with Gasteiger partial charge in [-0.05, 0) is 51.1 Å². The van der Waals surface area contributed by atoms with Crippen molar-refractivity contribution in [2.75, 3.05) is 5.73 Å². The summed E-state index contributed by atoms with van der Waals surface area (Å²) in [7, 11) is -1.40. The van der Waals surface area contributed by atoms with Gasteiger partial charge in [0.1, 0.15) is 11.0 Å². The largest absolute Gasteiger partial charge is 0.398 e. The van der Waals surface area contributed by atoms with Gasteiger partial charge in [-0.3, -0.25) is 0 Å². The molecule has 1 atom stereocenters. The number of halogens is 2. The highest BCUT2D eigenvalue weighted by molar-refractivity contribution is 9.10. The molecule has 0 amide bonds. The van der Waals surface area contributed by atoms with Crippen molar-refractivity contribution in [1.82, 2.24) is 0 Å². The van der Waals surface area contributed by atoms with Crippen molar-refractivity contribution in [3.05, 3.63) is 63.1 Å². The van der Waals surface area contributed by atoms with Gasteiger partial charge in [-0.25, -0.2) is 4.21 Å². The molecule has 0 aliphatic heterocycles. The van der Waals surface area contributed by atoms with Crippen LogP contribution in [0.4, 0.5) is 5.69 Å². The predicted molar refractivity (Wildman–Crippen MR) is 104 cm³/mol. The first-order chi connectivity index (χ1) is 10.7. The number of benzene rings is 2. The topological polar surface area (TPSA) is 55.5 Å². The van der Waals surface area contributed by atoms with Crippen molar-refractivity contribution in [3.8, 4) is 0 Å². The fourth-order valence-electron chi connectivity index (χ4n) is 1.82. The van der Waals surface area contributed by atoms with Crippen LogP contribution in [0.25, 0.3) is 0 Å². The molecule has 3 nitrogen and oxygen atoms in total. The number of hydrogen-bond donors (Lipinski definition) is 1. The van der Waals surface area contributed by atoms with Crippen LogP contribution in [-0.4, -0.2) is 14.7 Å². The molecular formula is C17H18BrClN2OS. The summed E-state index contributed by atoms with van der Waals surface area (Å²) in [5.41, 5.74) is 8.84. The Morgan fingerprint density at radius 1 is 1.17 bits per heavy atom. The molecule has 0 aliphatic rings. The molecule has 0 unspecified atom stereocenters. The number of hydrogen-bond acceptors (Lipinski definition) is 2. The Labute approximate surface area is 152 Å². The lowest BCUT2D eigenvalue weighted by Gasteiger charge is -2.16. The van der Waals surface area contributed by atoms with Crippen LogP contribution in [0.2, 0.25) is 5.02 Å². The fraction of sp³-hybridized carbons (Fsp3) is 0.235. The van der Waals surface area contributed by atoms with Crippen LogP contribution in [0.1, 0.15) is 31.9 Å². The minimum Gasteiger partial charge on any atom is -0.398 e. The molecule has 2 N–H and O–H groups in total. The van der Waals surface area contributed by atoms with Crippen molar-refractivity contribution in [2.24, 2.45) is 4.40 Å². The normalized spacial score (nSPS) is 13.9. The van der Waals surface area contributed by atoms with E-state index in [2.05, 4.69) is 20.3 Å². The van der Waals surface area contributed by atoms with Gasteiger partial charge >= 0.3 is 0 Å². The SMILES string of the molecule is CC(C)(C)[S@@](=O)N=C(c1ccc(Cl)cc1)c1cc(Br)ccc1N. The first-order valence-corrected chi connectivity index (χ1v) is 9.28. The number of rotatable bonds is 3. The first kappa shape index (κ1) is 18.2. The molecule has 0 fully saturated rings. The molecule has 0 aromatic heterocycles. The lowest BCUT2D eigenvalue weighted by atomic mass is 10.0. The van der Waals surface area contributed by atoms with Crippen molar-refractivity contribution < 1.29 is 4.21 Å². The van der Waals surface area contributed by atoms with Crippen molar-refractivity contribution >= 4 is 49.9 Å². The quantitative estimate of drug-likeness (QED) is 0.569. The van der Waals surface area contributed by atoms with Gasteiger partial charge in [-0.2, -0.15) is 4.40 Å². The van der Waals surface area contributed by atoms with Crippen LogP contribution in [0.3, 0.4) is 0 Å². The lowest BCUT2D eigenvalue weighted by Crippen LogP contribution is -2.21. The molecular weight excluding hydrogens is 396 g/mol. The maximum absolute atomic E-state index is 12.5. The Hall–Kier alpha value is -1.17. The molecule has 0 saturated carbocycles. The van der Waals surface area contributed by atoms with E-state index in [0.717, 1.165) is 15.6 Å². The van der Waals surface area contributed by atoms with E-state index in [0.29, 0.717) is 16.4 Å². The molecule has 122 valence electrons. The van der Waals surface area contributed by atoms with E-state index < -0.39 is 15.7 Å². The highest BCUT2D eigenvalue weighted by Gasteiger charge is 2.21. The number of nitrogen functional groups attached to an aromatic ring is 1. The van der Waals surface area contributed by atoms with Crippen molar-refractivity contribution in [1.29, 1.82) is 0 Å². The van der Waals surface area contributed by atoms with Gasteiger partial charge in [0.05, 0.1) is 10.5 Å². The monoisotopic (exact) mass is 412 g/mol. The second-order valence-electron chi connectivity index (χ2n) is 6.04. The van der Waals surface area contributed by atoms with E-state index >= 15 is 0 Å². The third-order valence-electron chi connectivity index (χ3n) is 3.09. The Balaban J connectivity index is 2.65. The summed E-state index contributed by atoms with van der Waals surface area (Å²) in [6, 6.07) is 12.8. The average molecular weight is 414 g/mol. The second kappa shape index (κ2) is 7.16. The molecule has 2 aromatic rings. The van der Waals surface area contributed by atoms with E-state index in [-0.39, 0.29) is 0 Å². The van der Waals surface area contributed by atoms with Gasteiger partial charge in [0.25, 0.3) is 0 Å². The molecule has 6 heteroatoms. The van der Waals surface area contributed by atoms with E-state index in [1.54, 1.807) is 18.2 Å². The van der Waals surface area contributed by atoms with Crippen LogP contribution in [-0.2, 0) is 11.0 Å². The molecule has 2 rings (SSSR count). The van der Waals surface area contributed by atoms with Crippen LogP contribution in [0.15, 0.2) is 51.3 Å². The van der Waals surface area contributed by atoms with Gasteiger partial charge in [-0.15, -0.1) is 0 Å². The first-order valence-electron chi connectivity index (χ1n) is 7.00. The van der Waals surface area contributed by atoms with Crippen molar-refractivity contribution in [2.45, 2.75) is 25.5 Å². The van der Waals surface area contributed by atoms with Crippen LogP contribution >= 0.6 is 27.5 Å². The molecule has 0 spiro atoms. The third kappa shape index (κ3) is 4.66. The zero-order valence-corrected chi connectivity index (χ0v) is 16.3. The summed E-state index contributed by atoms with van der Waals surface area (Å²) in [6.07, 6.45) is 0. The summed E-state index contributed by atoms with van der Waals surface area (Å²) in [5.74, 6) is 0. The van der Waals surface area contributed by atoms with Crippen molar-refractivity contribution in [3.63, 3.8) is 0 Å². The zero-order valence-electron chi connectivity index (χ0n) is 13.1. The number of nitrogens with two attached hydrogens (primary N) is 1. The summed E-state index contributed by atoms with van der Waals surface area (Å²) in [5, 5.41) is 0.632. The van der Waals surface area contributed by atoms with E-state index in [9.17, 15) is 4.21 Å². The highest BCUT2D eigenvalue weighted by atomic mass is 79.9.